The normalized spacial score (nSPS) is 9.51. The molecule has 0 amide bonds. The second-order valence-corrected chi connectivity index (χ2v) is 9.67. The molecule has 8 bridgehead atoms. The van der Waals surface area contributed by atoms with Gasteiger partial charge in [-0.3, -0.25) is 0 Å². The van der Waals surface area contributed by atoms with E-state index in [0.29, 0.717) is 45.9 Å². The average Bonchev–Trinajstić information content (AvgIpc) is 3.91. The fraction of sp³-hybridized carbons (Fsp3) is 0.200. The topological polar surface area (TPSA) is 106 Å². The molecule has 0 spiro atoms. The van der Waals surface area contributed by atoms with E-state index in [2.05, 4.69) is 0 Å². The van der Waals surface area contributed by atoms with Gasteiger partial charge in [0.05, 0.1) is 23.3 Å². The second kappa shape index (κ2) is 27.1. The fourth-order valence-electron chi connectivity index (χ4n) is 5.46. The molecule has 0 N–H and O–H groups in total. The molecule has 13 heteroatoms. The van der Waals surface area contributed by atoms with Gasteiger partial charge < -0.3 is 29.9 Å². The summed E-state index contributed by atoms with van der Waals surface area (Å²) in [6.45, 7) is 16.0. The first kappa shape index (κ1) is 54.3. The smallest absolute Gasteiger partial charge is 0.357 e. The maximum Gasteiger partial charge on any atom is 2.00 e. The number of fused-ring (bicyclic) bond motifs is 20. The zero-order valence-corrected chi connectivity index (χ0v) is 46.6. The largest absolute Gasteiger partial charge is 2.00 e. The Labute approximate surface area is 493 Å². The van der Waals surface area contributed by atoms with E-state index in [9.17, 15) is 0 Å². The molecule has 9 rings (SSSR count). The van der Waals surface area contributed by atoms with E-state index in [1.54, 1.807) is 0 Å². The van der Waals surface area contributed by atoms with Crippen molar-refractivity contribution in [3.63, 3.8) is 0 Å². The van der Waals surface area contributed by atoms with Crippen molar-refractivity contribution in [2.24, 2.45) is 0 Å². The summed E-state index contributed by atoms with van der Waals surface area (Å²) in [4.78, 5) is 39.3. The van der Waals surface area contributed by atoms with Crippen molar-refractivity contribution in [1.29, 1.82) is 0 Å². The van der Waals surface area contributed by atoms with Crippen LogP contribution in [0, 0.1) is 0 Å². The SMILES string of the molecule is CC.CC.CC.CC.[K+].[K+].[K+].[K+].[Ni+2].c1ccc2c(c1)-c1nc-2nc2[n-]c(nc3nc(nc4[n-]c(n1)c1ccccc41)-c1ccccc1-3)c1ccccc21. The number of rotatable bonds is 0. The Balaban J connectivity index is 0.00000196. The Morgan fingerprint density at radius 1 is 0.302 bits per heavy atom. The van der Waals surface area contributed by atoms with Gasteiger partial charge in [-0.1, -0.05) is 152 Å². The number of benzene rings is 4. The Morgan fingerprint density at radius 2 is 0.491 bits per heavy atom. The molecule has 0 saturated heterocycles. The van der Waals surface area contributed by atoms with Crippen LogP contribution in [-0.4, -0.2) is 29.9 Å². The number of hydrogen-bond acceptors (Lipinski definition) is 6. The van der Waals surface area contributed by atoms with E-state index in [4.69, 9.17) is 39.9 Å². The average molecular weight is 848 g/mol. The van der Waals surface area contributed by atoms with Gasteiger partial charge in [0.2, 0.25) is 0 Å². The molecule has 0 radical (unpaired) electrons. The molecule has 2 aliphatic rings. The zero-order chi connectivity index (χ0) is 34.2. The van der Waals surface area contributed by atoms with Gasteiger partial charge in [-0.15, -0.1) is 0 Å². The maximum atomic E-state index is 4.95. The predicted octanol–water partition coefficient (Wildman–Crippen LogP) is -1.75. The van der Waals surface area contributed by atoms with Crippen molar-refractivity contribution in [3.05, 3.63) is 97.1 Å². The second-order valence-electron chi connectivity index (χ2n) is 9.67. The number of aromatic nitrogens is 8. The molecule has 2 aliphatic heterocycles. The van der Waals surface area contributed by atoms with Gasteiger partial charge in [0.25, 0.3) is 0 Å². The van der Waals surface area contributed by atoms with Gasteiger partial charge in [-0.2, -0.15) is 0 Å². The van der Waals surface area contributed by atoms with Crippen LogP contribution in [0.15, 0.2) is 97.1 Å². The molecular weight excluding hydrogens is 808 g/mol. The minimum Gasteiger partial charge on any atom is -0.357 e. The van der Waals surface area contributed by atoms with Crippen LogP contribution in [0.4, 0.5) is 0 Å². The van der Waals surface area contributed by atoms with Crippen LogP contribution < -0.4 is 216 Å². The van der Waals surface area contributed by atoms with E-state index >= 15 is 0 Å². The summed E-state index contributed by atoms with van der Waals surface area (Å²) in [6.07, 6.45) is 0. The van der Waals surface area contributed by atoms with Crippen LogP contribution in [0.25, 0.3) is 89.7 Å². The Bertz CT molecular complexity index is 2060. The Kier molecular flexibility index (Phi) is 27.8. The first-order valence-electron chi connectivity index (χ1n) is 16.9. The van der Waals surface area contributed by atoms with E-state index in [1.807, 2.05) is 152 Å². The molecule has 0 unspecified atom stereocenters. The van der Waals surface area contributed by atoms with E-state index < -0.39 is 0 Å². The zero-order valence-electron chi connectivity index (χ0n) is 33.1. The summed E-state index contributed by atoms with van der Waals surface area (Å²) in [5.74, 6) is 2.21. The quantitative estimate of drug-likeness (QED) is 0.166. The van der Waals surface area contributed by atoms with Crippen molar-refractivity contribution in [1.82, 2.24) is 39.9 Å². The molecule has 0 saturated carbocycles. The molecular formula is C40H40K4N8Ni+4. The van der Waals surface area contributed by atoms with Crippen LogP contribution in [0.1, 0.15) is 55.4 Å². The number of hydrogen-bond donors (Lipinski definition) is 0. The summed E-state index contributed by atoms with van der Waals surface area (Å²) < 4.78 is 0. The van der Waals surface area contributed by atoms with E-state index in [1.165, 1.54) is 0 Å². The maximum absolute atomic E-state index is 4.95. The first-order valence-corrected chi connectivity index (χ1v) is 16.9. The summed E-state index contributed by atoms with van der Waals surface area (Å²) >= 11 is 0. The Hall–Kier alpha value is 1.28. The third-order valence-electron chi connectivity index (χ3n) is 7.33. The monoisotopic (exact) mass is 846 g/mol. The summed E-state index contributed by atoms with van der Waals surface area (Å²) in [6, 6.07) is 31.8. The van der Waals surface area contributed by atoms with Gasteiger partial charge in [0, 0.05) is 44.8 Å². The third kappa shape index (κ3) is 11.7. The van der Waals surface area contributed by atoms with E-state index in [-0.39, 0.29) is 222 Å². The van der Waals surface area contributed by atoms with Crippen LogP contribution >= 0.6 is 0 Å². The molecule has 3 aromatic heterocycles. The van der Waals surface area contributed by atoms with Crippen molar-refractivity contribution in [2.75, 3.05) is 0 Å². The van der Waals surface area contributed by atoms with Crippen molar-refractivity contribution in [3.8, 4) is 45.6 Å². The van der Waals surface area contributed by atoms with Gasteiger partial charge in [-0.05, 0) is 21.5 Å². The summed E-state index contributed by atoms with van der Waals surface area (Å²) in [7, 11) is 0. The predicted molar refractivity (Wildman–Crippen MR) is 199 cm³/mol. The van der Waals surface area contributed by atoms with Gasteiger partial charge in [-0.25, -0.2) is 9.97 Å². The molecule has 0 fully saturated rings. The van der Waals surface area contributed by atoms with Gasteiger partial charge in [0.15, 0.2) is 0 Å². The summed E-state index contributed by atoms with van der Waals surface area (Å²) in [5, 5.41) is 3.57. The molecule has 0 aliphatic carbocycles. The van der Waals surface area contributed by atoms with E-state index in [0.717, 1.165) is 43.8 Å². The molecule has 7 aromatic rings. The molecule has 8 nitrogen and oxygen atoms in total. The van der Waals surface area contributed by atoms with Crippen LogP contribution in [0.3, 0.4) is 0 Å². The number of nitrogens with zero attached hydrogens (tertiary/aromatic N) is 8. The fourth-order valence-corrected chi connectivity index (χ4v) is 5.46. The van der Waals surface area contributed by atoms with Crippen LogP contribution in [-0.2, 0) is 16.5 Å². The molecule has 4 aromatic carbocycles. The first-order chi connectivity index (χ1) is 23.8. The standard InChI is InChI=1S/C32H16N8.4C2H6.4K.Ni/c1-2-10-18-17(9-1)25-33-26(18)38-28-21-13-5-6-14-22(21)30(35-28)40-32-24-16-8-7-15-23(24)31(36-32)39-29-20-12-4-3-11-19(20)27(34-29)37-25;4*1-2;;;;;/h1-16H;4*1-2H3;;;;;/q-2;;;;;4*+1;+2. The van der Waals surface area contributed by atoms with Crippen molar-refractivity contribution < 1.29 is 222 Å². The minimum absolute atomic E-state index is 0. The van der Waals surface area contributed by atoms with Crippen LogP contribution in [0.2, 0.25) is 0 Å². The van der Waals surface area contributed by atoms with Gasteiger partial charge in [0.1, 0.15) is 0 Å². The van der Waals surface area contributed by atoms with Crippen molar-refractivity contribution >= 4 is 44.1 Å². The van der Waals surface area contributed by atoms with Gasteiger partial charge >= 0.3 is 222 Å². The third-order valence-corrected chi connectivity index (χ3v) is 7.33. The minimum atomic E-state index is 0. The molecule has 250 valence electrons. The summed E-state index contributed by atoms with van der Waals surface area (Å²) in [5.41, 5.74) is 5.78. The molecule has 5 heterocycles. The van der Waals surface area contributed by atoms with Crippen molar-refractivity contribution in [2.45, 2.75) is 55.4 Å². The Morgan fingerprint density at radius 3 is 0.698 bits per heavy atom. The molecule has 53 heavy (non-hydrogen) atoms. The van der Waals surface area contributed by atoms with Crippen LogP contribution in [0.5, 0.6) is 0 Å². The molecule has 0 atom stereocenters.